The van der Waals surface area contributed by atoms with Gasteiger partial charge in [0.2, 0.25) is 0 Å². The number of hydrogen-bond acceptors (Lipinski definition) is 5. The van der Waals surface area contributed by atoms with Gasteiger partial charge in [-0.15, -0.1) is 0 Å². The second-order valence-corrected chi connectivity index (χ2v) is 8.36. The number of nitrogens with zero attached hydrogens (tertiary/aromatic N) is 6. The monoisotopic (exact) mass is 472 g/mol. The molecule has 1 fully saturated rings. The van der Waals surface area contributed by atoms with Gasteiger partial charge in [-0.25, -0.2) is 4.98 Å². The van der Waals surface area contributed by atoms with E-state index in [4.69, 9.17) is 4.74 Å². The molecule has 0 aromatic carbocycles. The first-order chi connectivity index (χ1) is 16.3. The van der Waals surface area contributed by atoms with Crippen LogP contribution in [0.1, 0.15) is 36.2 Å². The van der Waals surface area contributed by atoms with Gasteiger partial charge in [0.1, 0.15) is 29.3 Å². The summed E-state index contributed by atoms with van der Waals surface area (Å²) < 4.78 is 48.0. The number of rotatable bonds is 4. The van der Waals surface area contributed by atoms with Crippen LogP contribution in [0.4, 0.5) is 13.2 Å². The molecule has 0 spiro atoms. The van der Waals surface area contributed by atoms with E-state index in [1.807, 2.05) is 0 Å². The average molecular weight is 472 g/mol. The first-order valence-electron chi connectivity index (χ1n) is 11.1. The third kappa shape index (κ3) is 4.17. The Kier molecular flexibility index (Phi) is 5.62. The van der Waals surface area contributed by atoms with Gasteiger partial charge in [0.05, 0.1) is 30.7 Å². The van der Waals surface area contributed by atoms with Crippen molar-refractivity contribution < 1.29 is 22.7 Å². The van der Waals surface area contributed by atoms with Crippen molar-refractivity contribution in [3.63, 3.8) is 0 Å². The average Bonchev–Trinajstić information content (AvgIpc) is 3.25. The van der Waals surface area contributed by atoms with Gasteiger partial charge < -0.3 is 9.64 Å². The molecule has 0 aliphatic carbocycles. The number of ether oxygens (including phenoxy) is 1. The number of pyridine rings is 2. The Labute approximate surface area is 193 Å². The number of alkyl halides is 3. The molecule has 1 aliphatic rings. The molecule has 0 radical (unpaired) electrons. The molecule has 1 saturated heterocycles. The van der Waals surface area contributed by atoms with Crippen molar-refractivity contribution >= 4 is 22.5 Å². The second-order valence-electron chi connectivity index (χ2n) is 8.36. The van der Waals surface area contributed by atoms with E-state index in [1.54, 1.807) is 33.8 Å². The number of imidazole rings is 1. The van der Waals surface area contributed by atoms with Crippen molar-refractivity contribution in [2.45, 2.75) is 38.4 Å². The molecule has 1 aliphatic heterocycles. The normalized spacial score (nSPS) is 15.1. The summed E-state index contributed by atoms with van der Waals surface area (Å²) in [4.78, 5) is 23.4. The number of hydrogen-bond donors (Lipinski definition) is 0. The van der Waals surface area contributed by atoms with E-state index >= 15 is 0 Å². The number of aromatic nitrogens is 5. The molecule has 0 N–H and O–H groups in total. The topological polar surface area (TPSA) is 77.6 Å². The molecule has 0 atom stereocenters. The zero-order valence-corrected chi connectivity index (χ0v) is 18.5. The van der Waals surface area contributed by atoms with Crippen LogP contribution in [-0.2, 0) is 6.54 Å². The Morgan fingerprint density at radius 2 is 1.85 bits per heavy atom. The van der Waals surface area contributed by atoms with E-state index in [-0.39, 0.29) is 17.1 Å². The molecule has 5 rings (SSSR count). The standard InChI is InChI=1S/C23H23F3N6O2/c1-34-15-6-7-20-28-12-19(31(20)13-15)21-16-11-27-17(22(33)30-8-4-2-3-5-9-30)10-18(16)32(29-21)14-23(24,25)26/h6-7,10-13H,2-5,8-9,14H2,1H3. The molecule has 0 unspecified atom stereocenters. The molecule has 5 heterocycles. The van der Waals surface area contributed by atoms with Crippen LogP contribution in [0.25, 0.3) is 27.9 Å². The predicted octanol–water partition coefficient (Wildman–Crippen LogP) is 4.33. The van der Waals surface area contributed by atoms with Crippen LogP contribution in [0.3, 0.4) is 0 Å². The summed E-state index contributed by atoms with van der Waals surface area (Å²) in [5.74, 6) is 0.291. The van der Waals surface area contributed by atoms with Gasteiger partial charge in [-0.2, -0.15) is 18.3 Å². The Morgan fingerprint density at radius 1 is 1.09 bits per heavy atom. The van der Waals surface area contributed by atoms with Gasteiger partial charge >= 0.3 is 6.18 Å². The fourth-order valence-corrected chi connectivity index (χ4v) is 4.36. The summed E-state index contributed by atoms with van der Waals surface area (Å²) in [6.07, 6.45) is 4.10. The number of amides is 1. The van der Waals surface area contributed by atoms with E-state index in [2.05, 4.69) is 15.1 Å². The van der Waals surface area contributed by atoms with Gasteiger partial charge in [0.25, 0.3) is 5.91 Å². The number of likely N-dealkylation sites (tertiary alicyclic amines) is 1. The van der Waals surface area contributed by atoms with Crippen molar-refractivity contribution in [2.24, 2.45) is 0 Å². The van der Waals surface area contributed by atoms with Crippen LogP contribution < -0.4 is 4.74 Å². The van der Waals surface area contributed by atoms with Gasteiger partial charge in [-0.05, 0) is 31.0 Å². The second kappa shape index (κ2) is 8.62. The lowest BCUT2D eigenvalue weighted by molar-refractivity contribution is -0.141. The van der Waals surface area contributed by atoms with Gasteiger partial charge in [-0.1, -0.05) is 12.8 Å². The van der Waals surface area contributed by atoms with E-state index < -0.39 is 12.7 Å². The Hall–Kier alpha value is -3.63. The van der Waals surface area contributed by atoms with Crippen LogP contribution in [0.5, 0.6) is 5.75 Å². The van der Waals surface area contributed by atoms with E-state index in [0.29, 0.717) is 41.3 Å². The van der Waals surface area contributed by atoms with Crippen molar-refractivity contribution in [1.29, 1.82) is 0 Å². The number of methoxy groups -OCH3 is 1. The van der Waals surface area contributed by atoms with Crippen molar-refractivity contribution in [2.75, 3.05) is 20.2 Å². The predicted molar refractivity (Wildman–Crippen MR) is 119 cm³/mol. The zero-order chi connectivity index (χ0) is 23.9. The molecule has 11 heteroatoms. The van der Waals surface area contributed by atoms with Gasteiger partial charge in [0.15, 0.2) is 0 Å². The highest BCUT2D eigenvalue weighted by atomic mass is 19.4. The fraction of sp³-hybridized carbons (Fsp3) is 0.391. The maximum Gasteiger partial charge on any atom is 0.408 e. The van der Waals surface area contributed by atoms with Crippen molar-refractivity contribution in [3.8, 4) is 17.1 Å². The number of carbonyl (C=O) groups excluding carboxylic acids is 1. The quantitative estimate of drug-likeness (QED) is 0.442. The SMILES string of the molecule is COc1ccc2ncc(-c3nn(CC(F)(F)F)c4cc(C(=O)N5CCCCCC5)ncc34)n2c1. The van der Waals surface area contributed by atoms with E-state index in [0.717, 1.165) is 30.4 Å². The number of halogens is 3. The smallest absolute Gasteiger partial charge is 0.408 e. The maximum absolute atomic E-state index is 13.4. The van der Waals surface area contributed by atoms with Gasteiger partial charge in [-0.3, -0.25) is 18.9 Å². The molecule has 0 bridgehead atoms. The lowest BCUT2D eigenvalue weighted by atomic mass is 10.2. The molecule has 4 aromatic rings. The molecule has 0 saturated carbocycles. The van der Waals surface area contributed by atoms with Crippen LogP contribution >= 0.6 is 0 Å². The Balaban J connectivity index is 1.63. The molecule has 4 aromatic heterocycles. The highest BCUT2D eigenvalue weighted by Crippen LogP contribution is 2.31. The molecular weight excluding hydrogens is 449 g/mol. The molecule has 34 heavy (non-hydrogen) atoms. The van der Waals surface area contributed by atoms with Crippen molar-refractivity contribution in [3.05, 3.63) is 42.5 Å². The molecule has 1 amide bonds. The summed E-state index contributed by atoms with van der Waals surface area (Å²) in [5.41, 5.74) is 1.69. The Bertz CT molecular complexity index is 1350. The van der Waals surface area contributed by atoms with Gasteiger partial charge in [0, 0.05) is 24.7 Å². The van der Waals surface area contributed by atoms with Crippen LogP contribution in [0.15, 0.2) is 36.8 Å². The van der Waals surface area contributed by atoms with Crippen molar-refractivity contribution in [1.82, 2.24) is 29.0 Å². The van der Waals surface area contributed by atoms with E-state index in [1.165, 1.54) is 19.4 Å². The highest BCUT2D eigenvalue weighted by Gasteiger charge is 2.31. The zero-order valence-electron chi connectivity index (χ0n) is 18.5. The molecular formula is C23H23F3N6O2. The number of carbonyl (C=O) groups is 1. The summed E-state index contributed by atoms with van der Waals surface area (Å²) in [7, 11) is 1.53. The van der Waals surface area contributed by atoms with Crippen LogP contribution in [0.2, 0.25) is 0 Å². The summed E-state index contributed by atoms with van der Waals surface area (Å²) >= 11 is 0. The van der Waals surface area contributed by atoms with Crippen LogP contribution in [-0.4, -0.2) is 61.3 Å². The number of fused-ring (bicyclic) bond motifs is 2. The lowest BCUT2D eigenvalue weighted by Crippen LogP contribution is -2.32. The first kappa shape index (κ1) is 22.2. The molecule has 178 valence electrons. The maximum atomic E-state index is 13.4. The molecule has 8 nitrogen and oxygen atoms in total. The minimum atomic E-state index is -4.49. The lowest BCUT2D eigenvalue weighted by Gasteiger charge is -2.19. The first-order valence-corrected chi connectivity index (χ1v) is 11.1. The fourth-order valence-electron chi connectivity index (χ4n) is 4.36. The third-order valence-corrected chi connectivity index (χ3v) is 6.03. The van der Waals surface area contributed by atoms with Crippen LogP contribution in [0, 0.1) is 0 Å². The minimum absolute atomic E-state index is 0.115. The summed E-state index contributed by atoms with van der Waals surface area (Å²) in [6.45, 7) is -0.0462. The Morgan fingerprint density at radius 3 is 2.56 bits per heavy atom. The minimum Gasteiger partial charge on any atom is -0.495 e. The summed E-state index contributed by atoms with van der Waals surface area (Å²) in [6, 6.07) is 4.90. The highest BCUT2D eigenvalue weighted by molar-refractivity contribution is 5.99. The van der Waals surface area contributed by atoms with E-state index in [9.17, 15) is 18.0 Å². The summed E-state index contributed by atoms with van der Waals surface area (Å²) in [5, 5.41) is 4.68. The third-order valence-electron chi connectivity index (χ3n) is 6.03. The largest absolute Gasteiger partial charge is 0.495 e.